The van der Waals surface area contributed by atoms with Crippen LogP contribution in [-0.4, -0.2) is 41.8 Å². The van der Waals surface area contributed by atoms with Crippen LogP contribution in [0.15, 0.2) is 0 Å². The number of amides is 1. The fraction of sp³-hybridized carbons (Fsp3) is 0.944. The first-order chi connectivity index (χ1) is 10.4. The lowest BCUT2D eigenvalue weighted by Gasteiger charge is -2.41. The van der Waals surface area contributed by atoms with Crippen LogP contribution in [0, 0.1) is 5.92 Å². The van der Waals surface area contributed by atoms with Gasteiger partial charge in [0.25, 0.3) is 0 Å². The zero-order chi connectivity index (χ0) is 16.2. The molecule has 2 aliphatic rings. The van der Waals surface area contributed by atoms with Crippen molar-refractivity contribution >= 4 is 6.09 Å². The maximum absolute atomic E-state index is 12.6. The van der Waals surface area contributed by atoms with E-state index in [1.807, 2.05) is 25.7 Å². The lowest BCUT2D eigenvalue weighted by atomic mass is 9.87. The fourth-order valence-corrected chi connectivity index (χ4v) is 3.98. The Balaban J connectivity index is 2.03. The number of nitrogens with zero attached hydrogens (tertiary/aromatic N) is 1. The molecule has 22 heavy (non-hydrogen) atoms. The molecule has 3 unspecified atom stereocenters. The number of ether oxygens (including phenoxy) is 1. The van der Waals surface area contributed by atoms with Crippen LogP contribution in [0.3, 0.4) is 0 Å². The van der Waals surface area contributed by atoms with Gasteiger partial charge in [-0.2, -0.15) is 0 Å². The SMILES string of the molecule is CCCNC1CCCC1C1CCCCN1C(=O)OC(C)(C)C. The summed E-state index contributed by atoms with van der Waals surface area (Å²) < 4.78 is 5.65. The number of hydrogen-bond acceptors (Lipinski definition) is 3. The molecule has 2 fully saturated rings. The lowest BCUT2D eigenvalue weighted by molar-refractivity contribution is -0.0000739. The summed E-state index contributed by atoms with van der Waals surface area (Å²) >= 11 is 0. The molecule has 0 bridgehead atoms. The molecule has 128 valence electrons. The van der Waals surface area contributed by atoms with Crippen molar-refractivity contribution in [1.82, 2.24) is 10.2 Å². The number of hydrogen-bond donors (Lipinski definition) is 1. The highest BCUT2D eigenvalue weighted by Crippen LogP contribution is 2.35. The van der Waals surface area contributed by atoms with E-state index in [0.717, 1.165) is 25.9 Å². The first-order valence-electron chi connectivity index (χ1n) is 9.15. The topological polar surface area (TPSA) is 41.6 Å². The van der Waals surface area contributed by atoms with Crippen molar-refractivity contribution in [2.75, 3.05) is 13.1 Å². The van der Waals surface area contributed by atoms with Gasteiger partial charge in [0.05, 0.1) is 0 Å². The average Bonchev–Trinajstić information content (AvgIpc) is 2.91. The minimum atomic E-state index is -0.408. The molecule has 1 saturated carbocycles. The van der Waals surface area contributed by atoms with Crippen LogP contribution in [0.5, 0.6) is 0 Å². The Morgan fingerprint density at radius 2 is 1.95 bits per heavy atom. The highest BCUT2D eigenvalue weighted by molar-refractivity contribution is 5.68. The van der Waals surface area contributed by atoms with Crippen molar-refractivity contribution in [3.8, 4) is 0 Å². The second-order valence-electron chi connectivity index (χ2n) is 7.89. The van der Waals surface area contributed by atoms with E-state index in [4.69, 9.17) is 4.74 Å². The number of nitrogens with one attached hydrogen (secondary N) is 1. The molecule has 1 heterocycles. The van der Waals surface area contributed by atoms with Crippen LogP contribution in [0.25, 0.3) is 0 Å². The molecule has 3 atom stereocenters. The lowest BCUT2D eigenvalue weighted by Crippen LogP contribution is -2.52. The molecule has 0 spiro atoms. The van der Waals surface area contributed by atoms with E-state index in [9.17, 15) is 4.79 Å². The normalized spacial score (nSPS) is 29.6. The van der Waals surface area contributed by atoms with Gasteiger partial charge in [-0.3, -0.25) is 0 Å². The van der Waals surface area contributed by atoms with E-state index in [1.165, 1.54) is 32.1 Å². The van der Waals surface area contributed by atoms with Gasteiger partial charge in [-0.05, 0) is 71.8 Å². The van der Waals surface area contributed by atoms with Crippen LogP contribution in [0.2, 0.25) is 0 Å². The van der Waals surface area contributed by atoms with Gasteiger partial charge in [0.15, 0.2) is 0 Å². The summed E-state index contributed by atoms with van der Waals surface area (Å²) in [5, 5.41) is 3.71. The maximum atomic E-state index is 12.6. The summed E-state index contributed by atoms with van der Waals surface area (Å²) in [5.41, 5.74) is -0.408. The second kappa shape index (κ2) is 7.67. The fourth-order valence-electron chi connectivity index (χ4n) is 3.98. The Morgan fingerprint density at radius 1 is 1.18 bits per heavy atom. The average molecular weight is 310 g/mol. The number of carbonyl (C=O) groups is 1. The van der Waals surface area contributed by atoms with Gasteiger partial charge >= 0.3 is 6.09 Å². The molecule has 1 N–H and O–H groups in total. The first kappa shape index (κ1) is 17.6. The zero-order valence-corrected chi connectivity index (χ0v) is 14.9. The van der Waals surface area contributed by atoms with E-state index >= 15 is 0 Å². The summed E-state index contributed by atoms with van der Waals surface area (Å²) in [7, 11) is 0. The molecule has 1 saturated heterocycles. The first-order valence-corrected chi connectivity index (χ1v) is 9.15. The van der Waals surface area contributed by atoms with Crippen LogP contribution in [0.4, 0.5) is 4.79 Å². The van der Waals surface area contributed by atoms with Gasteiger partial charge in [0.1, 0.15) is 5.60 Å². The van der Waals surface area contributed by atoms with Crippen LogP contribution < -0.4 is 5.32 Å². The van der Waals surface area contributed by atoms with Crippen LogP contribution >= 0.6 is 0 Å². The highest BCUT2D eigenvalue weighted by atomic mass is 16.6. The third kappa shape index (κ3) is 4.61. The Hall–Kier alpha value is -0.770. The van der Waals surface area contributed by atoms with E-state index in [-0.39, 0.29) is 6.09 Å². The molecule has 1 amide bonds. The van der Waals surface area contributed by atoms with Crippen LogP contribution in [-0.2, 0) is 4.74 Å². The standard InChI is InChI=1S/C18H34N2O2/c1-5-12-19-15-10-8-9-14(15)16-11-6-7-13-20(16)17(21)22-18(2,3)4/h14-16,19H,5-13H2,1-4H3. The number of piperidine rings is 1. The molecular weight excluding hydrogens is 276 g/mol. The molecule has 0 aromatic carbocycles. The summed E-state index contributed by atoms with van der Waals surface area (Å²) in [6.45, 7) is 10.0. The summed E-state index contributed by atoms with van der Waals surface area (Å²) in [6, 6.07) is 0.938. The van der Waals surface area contributed by atoms with E-state index < -0.39 is 5.60 Å². The Morgan fingerprint density at radius 3 is 2.64 bits per heavy atom. The van der Waals surface area contributed by atoms with Gasteiger partial charge in [0.2, 0.25) is 0 Å². The third-order valence-electron chi connectivity index (χ3n) is 4.90. The third-order valence-corrected chi connectivity index (χ3v) is 4.90. The molecule has 0 aromatic rings. The predicted molar refractivity (Wildman–Crippen MR) is 90.0 cm³/mol. The van der Waals surface area contributed by atoms with Gasteiger partial charge in [-0.25, -0.2) is 4.79 Å². The van der Waals surface area contributed by atoms with Crippen molar-refractivity contribution in [3.63, 3.8) is 0 Å². The Bertz CT molecular complexity index is 365. The molecule has 0 radical (unpaired) electrons. The molecule has 1 aliphatic heterocycles. The molecule has 0 aromatic heterocycles. The summed E-state index contributed by atoms with van der Waals surface area (Å²) in [4.78, 5) is 14.6. The van der Waals surface area contributed by atoms with Gasteiger partial charge < -0.3 is 15.0 Å². The molecule has 2 rings (SSSR count). The second-order valence-corrected chi connectivity index (χ2v) is 7.89. The molecular formula is C18H34N2O2. The minimum absolute atomic E-state index is 0.113. The molecule has 1 aliphatic carbocycles. The van der Waals surface area contributed by atoms with E-state index in [1.54, 1.807) is 0 Å². The Kier molecular flexibility index (Phi) is 6.13. The van der Waals surface area contributed by atoms with Gasteiger partial charge in [-0.1, -0.05) is 13.3 Å². The van der Waals surface area contributed by atoms with Crippen molar-refractivity contribution in [2.45, 2.75) is 90.3 Å². The van der Waals surface area contributed by atoms with E-state index in [0.29, 0.717) is 18.0 Å². The monoisotopic (exact) mass is 310 g/mol. The van der Waals surface area contributed by atoms with Crippen molar-refractivity contribution in [2.24, 2.45) is 5.92 Å². The van der Waals surface area contributed by atoms with Gasteiger partial charge in [-0.15, -0.1) is 0 Å². The minimum Gasteiger partial charge on any atom is -0.444 e. The van der Waals surface area contributed by atoms with E-state index in [2.05, 4.69) is 12.2 Å². The van der Waals surface area contributed by atoms with Crippen molar-refractivity contribution in [3.05, 3.63) is 0 Å². The number of likely N-dealkylation sites (tertiary alicyclic amines) is 1. The predicted octanol–water partition coefficient (Wildman–Crippen LogP) is 3.94. The van der Waals surface area contributed by atoms with Crippen LogP contribution in [0.1, 0.15) is 72.6 Å². The number of carbonyl (C=O) groups excluding carboxylic acids is 1. The highest BCUT2D eigenvalue weighted by Gasteiger charge is 2.40. The molecule has 4 nitrogen and oxygen atoms in total. The largest absolute Gasteiger partial charge is 0.444 e. The summed E-state index contributed by atoms with van der Waals surface area (Å²) in [5.74, 6) is 0.597. The summed E-state index contributed by atoms with van der Waals surface area (Å²) in [6.07, 6.45) is 8.31. The van der Waals surface area contributed by atoms with Gasteiger partial charge in [0, 0.05) is 18.6 Å². The zero-order valence-electron chi connectivity index (χ0n) is 14.9. The van der Waals surface area contributed by atoms with Crippen molar-refractivity contribution in [1.29, 1.82) is 0 Å². The quantitative estimate of drug-likeness (QED) is 0.855. The van der Waals surface area contributed by atoms with Crippen molar-refractivity contribution < 1.29 is 9.53 Å². The Labute approximate surface area is 136 Å². The molecule has 4 heteroatoms. The maximum Gasteiger partial charge on any atom is 0.410 e. The number of rotatable bonds is 4. The smallest absolute Gasteiger partial charge is 0.410 e.